The van der Waals surface area contributed by atoms with Crippen molar-refractivity contribution in [2.45, 2.75) is 71.7 Å². The van der Waals surface area contributed by atoms with E-state index < -0.39 is 0 Å². The molecule has 1 fully saturated rings. The van der Waals surface area contributed by atoms with E-state index in [-0.39, 0.29) is 18.3 Å². The number of rotatable bonds is 5. The van der Waals surface area contributed by atoms with Gasteiger partial charge >= 0.3 is 0 Å². The maximum absolute atomic E-state index is 6.19. The lowest BCUT2D eigenvalue weighted by atomic mass is 10.0. The molecule has 0 radical (unpaired) electrons. The third-order valence-corrected chi connectivity index (χ3v) is 3.79. The summed E-state index contributed by atoms with van der Waals surface area (Å²) in [6.45, 7) is 8.33. The van der Waals surface area contributed by atoms with E-state index in [1.807, 2.05) is 14.0 Å². The summed E-state index contributed by atoms with van der Waals surface area (Å²) in [6, 6.07) is 0. The van der Waals surface area contributed by atoms with Crippen LogP contribution in [0.15, 0.2) is 0 Å². The molecular formula is C16H27N3O2. The first kappa shape index (κ1) is 16.0. The average Bonchev–Trinajstić information content (AvgIpc) is 2.41. The summed E-state index contributed by atoms with van der Waals surface area (Å²) >= 11 is 0. The van der Waals surface area contributed by atoms with Crippen molar-refractivity contribution in [3.05, 3.63) is 11.4 Å². The molecule has 2 atom stereocenters. The average molecular weight is 293 g/mol. The zero-order valence-electron chi connectivity index (χ0n) is 13.8. The Morgan fingerprint density at radius 1 is 1.24 bits per heavy atom. The van der Waals surface area contributed by atoms with Crippen LogP contribution >= 0.6 is 0 Å². The van der Waals surface area contributed by atoms with Gasteiger partial charge in [0.2, 0.25) is 5.88 Å². The monoisotopic (exact) mass is 293 g/mol. The number of nitrogens with one attached hydrogen (secondary N) is 1. The fraction of sp³-hybridized carbons (Fsp3) is 0.750. The minimum Gasteiger partial charge on any atom is -0.474 e. The van der Waals surface area contributed by atoms with Crippen LogP contribution < -0.4 is 10.1 Å². The van der Waals surface area contributed by atoms with Gasteiger partial charge in [-0.25, -0.2) is 4.98 Å². The molecule has 118 valence electrons. The van der Waals surface area contributed by atoms with Crippen molar-refractivity contribution in [3.8, 4) is 5.88 Å². The largest absolute Gasteiger partial charge is 0.474 e. The van der Waals surface area contributed by atoms with Gasteiger partial charge in [0.05, 0.1) is 17.8 Å². The molecule has 2 heterocycles. The van der Waals surface area contributed by atoms with Gasteiger partial charge in [-0.15, -0.1) is 0 Å². The van der Waals surface area contributed by atoms with Gasteiger partial charge in [0.25, 0.3) is 0 Å². The number of anilines is 1. The van der Waals surface area contributed by atoms with Crippen LogP contribution in [0.5, 0.6) is 5.88 Å². The molecule has 0 amide bonds. The third-order valence-electron chi connectivity index (χ3n) is 3.79. The number of aryl methyl sites for hydroxylation is 1. The SMILES string of the molecule is CCCc1nc(NC)c(C)c(OC2CC(C)OC(C)C2)n1. The van der Waals surface area contributed by atoms with E-state index in [1.54, 1.807) is 0 Å². The molecule has 2 rings (SSSR count). The molecular weight excluding hydrogens is 266 g/mol. The van der Waals surface area contributed by atoms with Crippen LogP contribution in [0.25, 0.3) is 0 Å². The molecule has 1 aromatic rings. The predicted molar refractivity (Wildman–Crippen MR) is 84.0 cm³/mol. The molecule has 5 heteroatoms. The molecule has 5 nitrogen and oxygen atoms in total. The second kappa shape index (κ2) is 7.07. The van der Waals surface area contributed by atoms with E-state index in [0.29, 0.717) is 5.88 Å². The molecule has 0 spiro atoms. The van der Waals surface area contributed by atoms with Crippen molar-refractivity contribution in [1.82, 2.24) is 9.97 Å². The molecule has 1 aromatic heterocycles. The minimum atomic E-state index is 0.163. The van der Waals surface area contributed by atoms with Gasteiger partial charge in [-0.3, -0.25) is 0 Å². The summed E-state index contributed by atoms with van der Waals surface area (Å²) < 4.78 is 12.0. The molecule has 0 saturated carbocycles. The molecule has 0 aromatic carbocycles. The highest BCUT2D eigenvalue weighted by Crippen LogP contribution is 2.27. The molecule has 0 aliphatic carbocycles. The number of nitrogens with zero attached hydrogens (tertiary/aromatic N) is 2. The summed E-state index contributed by atoms with van der Waals surface area (Å²) in [5.74, 6) is 2.41. The lowest BCUT2D eigenvalue weighted by molar-refractivity contribution is -0.0731. The van der Waals surface area contributed by atoms with Crippen LogP contribution in [0, 0.1) is 6.92 Å². The Morgan fingerprint density at radius 3 is 2.48 bits per heavy atom. The van der Waals surface area contributed by atoms with E-state index in [1.165, 1.54) is 0 Å². The first-order valence-electron chi connectivity index (χ1n) is 7.90. The first-order valence-corrected chi connectivity index (χ1v) is 7.90. The first-order chi connectivity index (χ1) is 10.0. The second-order valence-corrected chi connectivity index (χ2v) is 5.89. The van der Waals surface area contributed by atoms with Crippen LogP contribution in [0.2, 0.25) is 0 Å². The van der Waals surface area contributed by atoms with Crippen LogP contribution in [-0.2, 0) is 11.2 Å². The Labute approximate surface area is 127 Å². The zero-order chi connectivity index (χ0) is 15.4. The quantitative estimate of drug-likeness (QED) is 0.904. The zero-order valence-corrected chi connectivity index (χ0v) is 13.8. The summed E-state index contributed by atoms with van der Waals surface area (Å²) in [5, 5.41) is 3.13. The predicted octanol–water partition coefficient (Wildman–Crippen LogP) is 3.11. The van der Waals surface area contributed by atoms with Gasteiger partial charge in [0.15, 0.2) is 0 Å². The Hall–Kier alpha value is -1.36. The van der Waals surface area contributed by atoms with Gasteiger partial charge in [-0.1, -0.05) is 6.92 Å². The van der Waals surface area contributed by atoms with E-state index in [2.05, 4.69) is 36.1 Å². The number of ether oxygens (including phenoxy) is 2. The number of hydrogen-bond acceptors (Lipinski definition) is 5. The van der Waals surface area contributed by atoms with Gasteiger partial charge in [-0.05, 0) is 27.2 Å². The Kier molecular flexibility index (Phi) is 5.39. The molecule has 1 aliphatic heterocycles. The van der Waals surface area contributed by atoms with Crippen molar-refractivity contribution in [2.75, 3.05) is 12.4 Å². The van der Waals surface area contributed by atoms with Crippen LogP contribution in [0.1, 0.15) is 51.4 Å². The molecule has 1 N–H and O–H groups in total. The fourth-order valence-corrected chi connectivity index (χ4v) is 2.83. The van der Waals surface area contributed by atoms with E-state index in [0.717, 1.165) is 42.9 Å². The van der Waals surface area contributed by atoms with Crippen LogP contribution in [0.3, 0.4) is 0 Å². The second-order valence-electron chi connectivity index (χ2n) is 5.89. The maximum Gasteiger partial charge on any atom is 0.222 e. The Bertz CT molecular complexity index is 469. The van der Waals surface area contributed by atoms with E-state index in [9.17, 15) is 0 Å². The molecule has 1 aliphatic rings. The summed E-state index contributed by atoms with van der Waals surface area (Å²) in [5.41, 5.74) is 0.976. The lowest BCUT2D eigenvalue weighted by Gasteiger charge is -2.32. The fourth-order valence-electron chi connectivity index (χ4n) is 2.83. The summed E-state index contributed by atoms with van der Waals surface area (Å²) in [7, 11) is 1.88. The Morgan fingerprint density at radius 2 is 1.90 bits per heavy atom. The van der Waals surface area contributed by atoms with Crippen molar-refractivity contribution in [2.24, 2.45) is 0 Å². The van der Waals surface area contributed by atoms with Crippen LogP contribution in [0.4, 0.5) is 5.82 Å². The molecule has 21 heavy (non-hydrogen) atoms. The number of hydrogen-bond donors (Lipinski definition) is 1. The topological polar surface area (TPSA) is 56.3 Å². The van der Waals surface area contributed by atoms with Crippen molar-refractivity contribution in [3.63, 3.8) is 0 Å². The highest BCUT2D eigenvalue weighted by Gasteiger charge is 2.27. The standard InChI is InChI=1S/C16H27N3O2/c1-6-7-14-18-15(17-5)12(4)16(19-14)21-13-8-10(2)20-11(3)9-13/h10-11,13H,6-9H2,1-5H3,(H,17,18,19). The maximum atomic E-state index is 6.19. The minimum absolute atomic E-state index is 0.163. The smallest absolute Gasteiger partial charge is 0.222 e. The van der Waals surface area contributed by atoms with E-state index >= 15 is 0 Å². The third kappa shape index (κ3) is 4.06. The highest BCUT2D eigenvalue weighted by atomic mass is 16.5. The van der Waals surface area contributed by atoms with Crippen LogP contribution in [-0.4, -0.2) is 35.3 Å². The van der Waals surface area contributed by atoms with Gasteiger partial charge < -0.3 is 14.8 Å². The number of aromatic nitrogens is 2. The lowest BCUT2D eigenvalue weighted by Crippen LogP contribution is -2.36. The van der Waals surface area contributed by atoms with Gasteiger partial charge in [0, 0.05) is 26.3 Å². The molecule has 0 bridgehead atoms. The summed E-state index contributed by atoms with van der Waals surface area (Å²) in [4.78, 5) is 9.14. The van der Waals surface area contributed by atoms with E-state index in [4.69, 9.17) is 9.47 Å². The van der Waals surface area contributed by atoms with Crippen molar-refractivity contribution < 1.29 is 9.47 Å². The molecule has 2 unspecified atom stereocenters. The van der Waals surface area contributed by atoms with Crippen molar-refractivity contribution in [1.29, 1.82) is 0 Å². The normalized spacial score (nSPS) is 25.7. The van der Waals surface area contributed by atoms with Crippen molar-refractivity contribution >= 4 is 5.82 Å². The summed E-state index contributed by atoms with van der Waals surface area (Å²) in [6.07, 6.45) is 4.34. The molecule has 1 saturated heterocycles. The van der Waals surface area contributed by atoms with Gasteiger partial charge in [0.1, 0.15) is 17.7 Å². The van der Waals surface area contributed by atoms with Gasteiger partial charge in [-0.2, -0.15) is 4.98 Å². The highest BCUT2D eigenvalue weighted by molar-refractivity contribution is 5.48. The Balaban J connectivity index is 2.19.